The van der Waals surface area contributed by atoms with Crippen molar-refractivity contribution in [1.82, 2.24) is 9.21 Å². The summed E-state index contributed by atoms with van der Waals surface area (Å²) < 4.78 is 25.0. The molecule has 1 saturated heterocycles. The summed E-state index contributed by atoms with van der Waals surface area (Å²) >= 11 is 5.80. The van der Waals surface area contributed by atoms with E-state index in [1.165, 1.54) is 4.31 Å². The molecule has 0 radical (unpaired) electrons. The zero-order valence-corrected chi connectivity index (χ0v) is 13.5. The van der Waals surface area contributed by atoms with Crippen LogP contribution in [0.3, 0.4) is 0 Å². The van der Waals surface area contributed by atoms with E-state index in [2.05, 4.69) is 0 Å². The smallest absolute Gasteiger partial charge is 0.213 e. The summed E-state index contributed by atoms with van der Waals surface area (Å²) in [6.45, 7) is 4.01. The first-order chi connectivity index (χ1) is 9.92. The van der Waals surface area contributed by atoms with Crippen LogP contribution in [0.25, 0.3) is 0 Å². The molecule has 5 nitrogen and oxygen atoms in total. The van der Waals surface area contributed by atoms with E-state index in [1.807, 2.05) is 4.90 Å². The number of nitrogens with zero attached hydrogens (tertiary/aromatic N) is 2. The van der Waals surface area contributed by atoms with Crippen LogP contribution in [-0.4, -0.2) is 61.9 Å². The molecule has 1 aliphatic rings. The van der Waals surface area contributed by atoms with Gasteiger partial charge in [0.15, 0.2) is 5.78 Å². The van der Waals surface area contributed by atoms with Gasteiger partial charge in [0.2, 0.25) is 10.0 Å². The maximum atomic E-state index is 12.1. The lowest BCUT2D eigenvalue weighted by atomic mass is 10.1. The Kier molecular flexibility index (Phi) is 5.37. The summed E-state index contributed by atoms with van der Waals surface area (Å²) in [7, 11) is -3.12. The molecule has 0 unspecified atom stereocenters. The standard InChI is InChI=1S/C14H19ClN2O3S/c1-2-21(19,20)17-9-7-16(8-10-17)11-14(18)12-3-5-13(15)6-4-12/h3-6H,2,7-11H2,1H3. The molecule has 1 fully saturated rings. The number of ketones is 1. The summed E-state index contributed by atoms with van der Waals surface area (Å²) in [4.78, 5) is 14.1. The van der Waals surface area contributed by atoms with Gasteiger partial charge in [0.05, 0.1) is 12.3 Å². The summed E-state index contributed by atoms with van der Waals surface area (Å²) in [6.07, 6.45) is 0. The Balaban J connectivity index is 1.89. The largest absolute Gasteiger partial charge is 0.293 e. The third-order valence-electron chi connectivity index (χ3n) is 3.62. The van der Waals surface area contributed by atoms with Crippen molar-refractivity contribution in [2.75, 3.05) is 38.5 Å². The van der Waals surface area contributed by atoms with Gasteiger partial charge in [-0.3, -0.25) is 9.69 Å². The van der Waals surface area contributed by atoms with E-state index in [0.29, 0.717) is 43.3 Å². The van der Waals surface area contributed by atoms with Crippen LogP contribution in [-0.2, 0) is 10.0 Å². The number of Topliss-reactive ketones (excluding diaryl/α,β-unsaturated/α-hetero) is 1. The molecule has 0 N–H and O–H groups in total. The zero-order valence-electron chi connectivity index (χ0n) is 12.0. The van der Waals surface area contributed by atoms with Gasteiger partial charge in [-0.25, -0.2) is 8.42 Å². The maximum absolute atomic E-state index is 12.1. The number of halogens is 1. The Morgan fingerprint density at radius 2 is 1.71 bits per heavy atom. The number of hydrogen-bond donors (Lipinski definition) is 0. The number of benzene rings is 1. The van der Waals surface area contributed by atoms with Crippen molar-refractivity contribution in [2.45, 2.75) is 6.92 Å². The number of carbonyl (C=O) groups is 1. The lowest BCUT2D eigenvalue weighted by Gasteiger charge is -2.33. The van der Waals surface area contributed by atoms with Crippen molar-refractivity contribution < 1.29 is 13.2 Å². The highest BCUT2D eigenvalue weighted by atomic mass is 35.5. The average Bonchev–Trinajstić information content (AvgIpc) is 2.48. The minimum Gasteiger partial charge on any atom is -0.293 e. The van der Waals surface area contributed by atoms with E-state index in [1.54, 1.807) is 31.2 Å². The molecule has 1 aliphatic heterocycles. The number of sulfonamides is 1. The molecule has 0 atom stereocenters. The van der Waals surface area contributed by atoms with E-state index in [-0.39, 0.29) is 11.5 Å². The van der Waals surface area contributed by atoms with Gasteiger partial charge < -0.3 is 0 Å². The van der Waals surface area contributed by atoms with Crippen molar-refractivity contribution in [2.24, 2.45) is 0 Å². The molecule has 21 heavy (non-hydrogen) atoms. The predicted molar refractivity (Wildman–Crippen MR) is 83.3 cm³/mol. The molecule has 1 aromatic rings. The summed E-state index contributed by atoms with van der Waals surface area (Å²) in [6, 6.07) is 6.81. The van der Waals surface area contributed by atoms with E-state index >= 15 is 0 Å². The third-order valence-corrected chi connectivity index (χ3v) is 5.76. The van der Waals surface area contributed by atoms with E-state index in [9.17, 15) is 13.2 Å². The van der Waals surface area contributed by atoms with Crippen LogP contribution in [0, 0.1) is 0 Å². The van der Waals surface area contributed by atoms with Gasteiger partial charge in [0, 0.05) is 36.8 Å². The minimum absolute atomic E-state index is 0.0264. The van der Waals surface area contributed by atoms with Crippen LogP contribution in [0.2, 0.25) is 5.02 Å². The van der Waals surface area contributed by atoms with Crippen molar-refractivity contribution >= 4 is 27.4 Å². The quantitative estimate of drug-likeness (QED) is 0.768. The van der Waals surface area contributed by atoms with Gasteiger partial charge in [-0.1, -0.05) is 11.6 Å². The maximum Gasteiger partial charge on any atom is 0.213 e. The van der Waals surface area contributed by atoms with Crippen molar-refractivity contribution in [1.29, 1.82) is 0 Å². The Labute approximate surface area is 130 Å². The van der Waals surface area contributed by atoms with Gasteiger partial charge >= 0.3 is 0 Å². The van der Waals surface area contributed by atoms with E-state index in [0.717, 1.165) is 0 Å². The van der Waals surface area contributed by atoms with Crippen LogP contribution >= 0.6 is 11.6 Å². The fourth-order valence-corrected chi connectivity index (χ4v) is 3.49. The Hall–Kier alpha value is -0.950. The van der Waals surface area contributed by atoms with Gasteiger partial charge in [-0.2, -0.15) is 4.31 Å². The molecular formula is C14H19ClN2O3S. The van der Waals surface area contributed by atoms with Gasteiger partial charge in [0.25, 0.3) is 0 Å². The van der Waals surface area contributed by atoms with Crippen molar-refractivity contribution in [3.05, 3.63) is 34.9 Å². The fourth-order valence-electron chi connectivity index (χ4n) is 2.28. The molecule has 1 heterocycles. The summed E-state index contributed by atoms with van der Waals surface area (Å²) in [5.74, 6) is 0.148. The predicted octanol–water partition coefficient (Wildman–Crippen LogP) is 1.49. The lowest BCUT2D eigenvalue weighted by molar-refractivity contribution is 0.0902. The number of piperazine rings is 1. The Bertz CT molecular complexity index is 593. The first-order valence-corrected chi connectivity index (χ1v) is 8.90. The van der Waals surface area contributed by atoms with Gasteiger partial charge in [0.1, 0.15) is 0 Å². The molecular weight excluding hydrogens is 312 g/mol. The monoisotopic (exact) mass is 330 g/mol. The molecule has 0 bridgehead atoms. The second-order valence-corrected chi connectivity index (χ2v) is 7.70. The van der Waals surface area contributed by atoms with Crippen LogP contribution < -0.4 is 0 Å². The molecule has 0 spiro atoms. The fraction of sp³-hybridized carbons (Fsp3) is 0.500. The SMILES string of the molecule is CCS(=O)(=O)N1CCN(CC(=O)c2ccc(Cl)cc2)CC1. The minimum atomic E-state index is -3.12. The molecule has 7 heteroatoms. The number of rotatable bonds is 5. The zero-order chi connectivity index (χ0) is 15.5. The second kappa shape index (κ2) is 6.87. The highest BCUT2D eigenvalue weighted by molar-refractivity contribution is 7.89. The summed E-state index contributed by atoms with van der Waals surface area (Å²) in [5, 5.41) is 0.602. The number of hydrogen-bond acceptors (Lipinski definition) is 4. The van der Waals surface area contributed by atoms with Crippen LogP contribution in [0.15, 0.2) is 24.3 Å². The molecule has 116 valence electrons. The second-order valence-electron chi connectivity index (χ2n) is 5.01. The van der Waals surface area contributed by atoms with Gasteiger partial charge in [-0.15, -0.1) is 0 Å². The molecule has 0 aromatic heterocycles. The molecule has 1 aromatic carbocycles. The van der Waals surface area contributed by atoms with Crippen molar-refractivity contribution in [3.63, 3.8) is 0 Å². The lowest BCUT2D eigenvalue weighted by Crippen LogP contribution is -2.50. The normalized spacial score (nSPS) is 17.8. The topological polar surface area (TPSA) is 57.7 Å². The van der Waals surface area contributed by atoms with Crippen molar-refractivity contribution in [3.8, 4) is 0 Å². The Morgan fingerprint density at radius 3 is 2.24 bits per heavy atom. The van der Waals surface area contributed by atoms with Crippen LogP contribution in [0.1, 0.15) is 17.3 Å². The first-order valence-electron chi connectivity index (χ1n) is 6.91. The van der Waals surface area contributed by atoms with Crippen LogP contribution in [0.5, 0.6) is 0 Å². The number of carbonyl (C=O) groups excluding carboxylic acids is 1. The van der Waals surface area contributed by atoms with E-state index < -0.39 is 10.0 Å². The summed E-state index contributed by atoms with van der Waals surface area (Å²) in [5.41, 5.74) is 0.628. The molecule has 2 rings (SSSR count). The van der Waals surface area contributed by atoms with E-state index in [4.69, 9.17) is 11.6 Å². The highest BCUT2D eigenvalue weighted by Crippen LogP contribution is 2.12. The first kappa shape index (κ1) is 16.4. The average molecular weight is 331 g/mol. The molecule has 0 saturated carbocycles. The molecule has 0 aliphatic carbocycles. The Morgan fingerprint density at radius 1 is 1.14 bits per heavy atom. The molecule has 0 amide bonds. The highest BCUT2D eigenvalue weighted by Gasteiger charge is 2.26. The van der Waals surface area contributed by atoms with Gasteiger partial charge in [-0.05, 0) is 31.2 Å². The third kappa shape index (κ3) is 4.26. The van der Waals surface area contributed by atoms with Crippen LogP contribution in [0.4, 0.5) is 0 Å².